The summed E-state index contributed by atoms with van der Waals surface area (Å²) in [5.41, 5.74) is 0.532. The summed E-state index contributed by atoms with van der Waals surface area (Å²) in [5, 5.41) is 7.12. The Bertz CT molecular complexity index is 363. The van der Waals surface area contributed by atoms with Crippen LogP contribution in [0, 0.1) is 0 Å². The van der Waals surface area contributed by atoms with Crippen molar-refractivity contribution in [2.75, 3.05) is 0 Å². The van der Waals surface area contributed by atoms with Gasteiger partial charge in [0.2, 0.25) is 0 Å². The molecule has 1 heterocycles. The number of aromatic nitrogens is 2. The lowest BCUT2D eigenvalue weighted by Gasteiger charge is -2.18. The van der Waals surface area contributed by atoms with Gasteiger partial charge in [0.1, 0.15) is 0 Å². The van der Waals surface area contributed by atoms with Crippen LogP contribution in [0.15, 0.2) is 12.4 Å². The highest BCUT2D eigenvalue weighted by molar-refractivity contribution is 5.93. The average Bonchev–Trinajstić information content (AvgIpc) is 2.65. The maximum absolute atomic E-state index is 11.8. The summed E-state index contributed by atoms with van der Waals surface area (Å²) in [5.74, 6) is -0.0511. The van der Waals surface area contributed by atoms with Crippen molar-refractivity contribution in [3.8, 4) is 0 Å². The van der Waals surface area contributed by atoms with Crippen LogP contribution in [0.2, 0.25) is 0 Å². The van der Waals surface area contributed by atoms with Gasteiger partial charge in [-0.3, -0.25) is 9.48 Å². The lowest BCUT2D eigenvalue weighted by molar-refractivity contribution is 0.0939. The second-order valence-corrected chi connectivity index (χ2v) is 5.13. The molecule has 90 valence electrons. The van der Waals surface area contributed by atoms with Crippen LogP contribution in [0.5, 0.6) is 0 Å². The first-order valence-electron chi connectivity index (χ1n) is 5.70. The van der Waals surface area contributed by atoms with Gasteiger partial charge in [0.15, 0.2) is 0 Å². The lowest BCUT2D eigenvalue weighted by Crippen LogP contribution is -2.31. The maximum atomic E-state index is 11.8. The quantitative estimate of drug-likeness (QED) is 0.853. The zero-order valence-electron chi connectivity index (χ0n) is 10.7. The van der Waals surface area contributed by atoms with E-state index in [-0.39, 0.29) is 17.5 Å². The third kappa shape index (κ3) is 3.08. The Labute approximate surface area is 97.0 Å². The maximum Gasteiger partial charge on any atom is 0.254 e. The Morgan fingerprint density at radius 2 is 2.19 bits per heavy atom. The fraction of sp³-hybridized carbons (Fsp3) is 0.667. The predicted molar refractivity (Wildman–Crippen MR) is 64.4 cm³/mol. The van der Waals surface area contributed by atoms with E-state index in [9.17, 15) is 4.79 Å². The molecule has 0 spiro atoms. The molecule has 4 heteroatoms. The topological polar surface area (TPSA) is 46.9 Å². The zero-order valence-corrected chi connectivity index (χ0v) is 10.7. The summed E-state index contributed by atoms with van der Waals surface area (Å²) in [4.78, 5) is 11.8. The molecule has 1 aromatic rings. The molecule has 1 N–H and O–H groups in total. The molecule has 0 aromatic carbocycles. The molecule has 0 saturated carbocycles. The van der Waals surface area contributed by atoms with Gasteiger partial charge in [-0.2, -0.15) is 5.10 Å². The van der Waals surface area contributed by atoms with Gasteiger partial charge in [-0.25, -0.2) is 0 Å². The number of hydrogen-bond donors (Lipinski definition) is 1. The number of amides is 1. The van der Waals surface area contributed by atoms with Crippen molar-refractivity contribution in [1.29, 1.82) is 0 Å². The van der Waals surface area contributed by atoms with E-state index in [0.717, 1.165) is 6.42 Å². The van der Waals surface area contributed by atoms with Crippen LogP contribution in [0.4, 0.5) is 0 Å². The Kier molecular flexibility index (Phi) is 3.73. The van der Waals surface area contributed by atoms with Crippen molar-refractivity contribution in [2.45, 2.75) is 52.6 Å². The Hall–Kier alpha value is -1.32. The van der Waals surface area contributed by atoms with Gasteiger partial charge in [-0.1, -0.05) is 6.92 Å². The van der Waals surface area contributed by atoms with Crippen LogP contribution in [0.1, 0.15) is 51.4 Å². The first-order chi connectivity index (χ1) is 7.34. The molecule has 0 unspecified atom stereocenters. The van der Waals surface area contributed by atoms with Gasteiger partial charge in [0, 0.05) is 12.2 Å². The van der Waals surface area contributed by atoms with E-state index in [1.54, 1.807) is 17.1 Å². The Balaban J connectivity index is 2.75. The monoisotopic (exact) mass is 223 g/mol. The molecule has 0 saturated heterocycles. The minimum atomic E-state index is -0.0884. The number of carbonyl (C=O) groups is 1. The van der Waals surface area contributed by atoms with Crippen molar-refractivity contribution in [3.63, 3.8) is 0 Å². The van der Waals surface area contributed by atoms with Crippen LogP contribution in [0.3, 0.4) is 0 Å². The average molecular weight is 223 g/mol. The molecule has 0 bridgehead atoms. The first-order valence-corrected chi connectivity index (χ1v) is 5.70. The van der Waals surface area contributed by atoms with Crippen LogP contribution < -0.4 is 5.32 Å². The van der Waals surface area contributed by atoms with Crippen LogP contribution >= 0.6 is 0 Å². The third-order valence-corrected chi connectivity index (χ3v) is 2.52. The first kappa shape index (κ1) is 12.7. The molecule has 16 heavy (non-hydrogen) atoms. The fourth-order valence-electron chi connectivity index (χ4n) is 1.22. The molecule has 4 nitrogen and oxygen atoms in total. The molecule has 1 rings (SSSR count). The van der Waals surface area contributed by atoms with Crippen LogP contribution in [-0.2, 0) is 5.54 Å². The summed E-state index contributed by atoms with van der Waals surface area (Å²) in [6.45, 7) is 10.2. The smallest absolute Gasteiger partial charge is 0.254 e. The van der Waals surface area contributed by atoms with E-state index in [0.29, 0.717) is 5.56 Å². The summed E-state index contributed by atoms with van der Waals surface area (Å²) >= 11 is 0. The zero-order chi connectivity index (χ0) is 12.3. The van der Waals surface area contributed by atoms with E-state index in [4.69, 9.17) is 0 Å². The van der Waals surface area contributed by atoms with Gasteiger partial charge in [-0.05, 0) is 34.1 Å². The van der Waals surface area contributed by atoms with Crippen molar-refractivity contribution in [1.82, 2.24) is 15.1 Å². The molecule has 0 fully saturated rings. The summed E-state index contributed by atoms with van der Waals surface area (Å²) in [6, 6.07) is 0.200. The number of hydrogen-bond acceptors (Lipinski definition) is 2. The van der Waals surface area contributed by atoms with Crippen molar-refractivity contribution < 1.29 is 4.79 Å². The standard InChI is InChI=1S/C12H21N3O/c1-6-9(2)14-11(16)10-7-13-15(8-10)12(3,4)5/h7-9H,6H2,1-5H3,(H,14,16)/t9-/m1/s1. The van der Waals surface area contributed by atoms with E-state index < -0.39 is 0 Å². The van der Waals surface area contributed by atoms with Gasteiger partial charge < -0.3 is 5.32 Å². The van der Waals surface area contributed by atoms with Gasteiger partial charge in [0.25, 0.3) is 5.91 Å². The van der Waals surface area contributed by atoms with Crippen molar-refractivity contribution in [2.24, 2.45) is 0 Å². The molecular weight excluding hydrogens is 202 g/mol. The number of nitrogens with one attached hydrogen (secondary N) is 1. The van der Waals surface area contributed by atoms with Gasteiger partial charge in [-0.15, -0.1) is 0 Å². The largest absolute Gasteiger partial charge is 0.349 e. The molecular formula is C12H21N3O. The highest BCUT2D eigenvalue weighted by Gasteiger charge is 2.17. The van der Waals surface area contributed by atoms with Crippen LogP contribution in [0.25, 0.3) is 0 Å². The Morgan fingerprint density at radius 3 is 2.62 bits per heavy atom. The molecule has 0 radical (unpaired) electrons. The highest BCUT2D eigenvalue weighted by Crippen LogP contribution is 2.13. The second kappa shape index (κ2) is 4.68. The molecule has 1 aromatic heterocycles. The normalized spacial score (nSPS) is 13.6. The summed E-state index contributed by atoms with van der Waals surface area (Å²) in [7, 11) is 0. The summed E-state index contributed by atoms with van der Waals surface area (Å²) < 4.78 is 1.80. The molecule has 1 atom stereocenters. The van der Waals surface area contributed by atoms with E-state index in [1.807, 2.05) is 13.8 Å². The van der Waals surface area contributed by atoms with Gasteiger partial charge >= 0.3 is 0 Å². The van der Waals surface area contributed by atoms with E-state index >= 15 is 0 Å². The lowest BCUT2D eigenvalue weighted by atomic mass is 10.1. The second-order valence-electron chi connectivity index (χ2n) is 5.13. The van der Waals surface area contributed by atoms with E-state index in [1.165, 1.54) is 0 Å². The molecule has 1 amide bonds. The molecule has 0 aliphatic heterocycles. The van der Waals surface area contributed by atoms with E-state index in [2.05, 4.69) is 31.2 Å². The van der Waals surface area contributed by atoms with Gasteiger partial charge in [0.05, 0.1) is 17.3 Å². The van der Waals surface area contributed by atoms with Crippen molar-refractivity contribution in [3.05, 3.63) is 18.0 Å². The van der Waals surface area contributed by atoms with Crippen molar-refractivity contribution >= 4 is 5.91 Å². The molecule has 0 aliphatic rings. The minimum absolute atomic E-state index is 0.0511. The highest BCUT2D eigenvalue weighted by atomic mass is 16.1. The number of carbonyl (C=O) groups excluding carboxylic acids is 1. The molecule has 0 aliphatic carbocycles. The third-order valence-electron chi connectivity index (χ3n) is 2.52. The summed E-state index contributed by atoms with van der Waals surface area (Å²) in [6.07, 6.45) is 4.33. The fourth-order valence-corrected chi connectivity index (χ4v) is 1.22. The predicted octanol–water partition coefficient (Wildman–Crippen LogP) is 2.17. The number of nitrogens with zero attached hydrogens (tertiary/aromatic N) is 2. The SMILES string of the molecule is CC[C@@H](C)NC(=O)c1cnn(C(C)(C)C)c1. The Morgan fingerprint density at radius 1 is 1.56 bits per heavy atom. The number of rotatable bonds is 3. The van der Waals surface area contributed by atoms with Crippen LogP contribution in [-0.4, -0.2) is 21.7 Å². The minimum Gasteiger partial charge on any atom is -0.349 e.